The van der Waals surface area contributed by atoms with Crippen molar-refractivity contribution in [2.75, 3.05) is 10.0 Å². The summed E-state index contributed by atoms with van der Waals surface area (Å²) in [6, 6.07) is 29.0. The lowest BCUT2D eigenvalue weighted by Gasteiger charge is -2.12. The number of nitrogens with one attached hydrogen (secondary N) is 2. The molecule has 0 aromatic heterocycles. The third-order valence-corrected chi connectivity index (χ3v) is 7.86. The first-order valence-corrected chi connectivity index (χ1v) is 14.9. The second-order valence-electron chi connectivity index (χ2n) is 7.50. The summed E-state index contributed by atoms with van der Waals surface area (Å²) in [5.74, 6) is -0.486. The van der Waals surface area contributed by atoms with Gasteiger partial charge >= 0.3 is 0 Å². The zero-order chi connectivity index (χ0) is 27.8. The van der Waals surface area contributed by atoms with Gasteiger partial charge in [0.2, 0.25) is 0 Å². The van der Waals surface area contributed by atoms with E-state index in [-0.39, 0.29) is 20.9 Å². The summed E-state index contributed by atoms with van der Waals surface area (Å²) in [5.41, 5.74) is 0.991. The number of carbonyl (C=O) groups is 2. The van der Waals surface area contributed by atoms with Crippen LogP contribution in [0.3, 0.4) is 0 Å². The smallest absolute Gasteiger partial charge is 0.262 e. The molecule has 0 bridgehead atoms. The molecule has 4 aromatic carbocycles. The van der Waals surface area contributed by atoms with E-state index in [9.17, 15) is 26.4 Å². The zero-order valence-corrected chi connectivity index (χ0v) is 22.6. The van der Waals surface area contributed by atoms with Crippen LogP contribution in [0.2, 0.25) is 0 Å². The molecule has 0 atom stereocenters. The quantitative estimate of drug-likeness (QED) is 0.264. The monoisotopic (exact) mass is 590 g/mol. The summed E-state index contributed by atoms with van der Waals surface area (Å²) >= 11 is 5.15. The molecule has 12 heteroatoms. The second kappa shape index (κ2) is 12.7. The van der Waals surface area contributed by atoms with Gasteiger partial charge in [-0.2, -0.15) is 0 Å². The van der Waals surface area contributed by atoms with Crippen molar-refractivity contribution in [3.05, 3.63) is 120 Å². The minimum atomic E-state index is -3.91. The number of anilines is 2. The third-order valence-electron chi connectivity index (χ3n) is 4.84. The molecule has 4 aromatic rings. The molecule has 0 aliphatic heterocycles. The molecule has 38 heavy (non-hydrogen) atoms. The van der Waals surface area contributed by atoms with Crippen LogP contribution in [-0.2, 0) is 19.1 Å². The number of hydrogen-bond donors (Lipinski definition) is 2. The van der Waals surface area contributed by atoms with Gasteiger partial charge in [0.25, 0.3) is 30.2 Å². The van der Waals surface area contributed by atoms with Crippen LogP contribution >= 0.6 is 22.3 Å². The normalized spacial score (nSPS) is 11.0. The first-order valence-electron chi connectivity index (χ1n) is 10.8. The van der Waals surface area contributed by atoms with Gasteiger partial charge in [-0.3, -0.25) is 14.3 Å². The Morgan fingerprint density at radius 2 is 1.03 bits per heavy atom. The van der Waals surface area contributed by atoms with E-state index in [1.165, 1.54) is 36.4 Å². The van der Waals surface area contributed by atoms with Crippen molar-refractivity contribution in [3.63, 3.8) is 0 Å². The van der Waals surface area contributed by atoms with Gasteiger partial charge in [0.15, 0.2) is 0 Å². The number of amides is 1. The fourth-order valence-electron chi connectivity index (χ4n) is 3.17. The molecule has 4 rings (SSSR count). The molecule has 1 amide bonds. The van der Waals surface area contributed by atoms with Crippen LogP contribution in [-0.4, -0.2) is 28.0 Å². The van der Waals surface area contributed by atoms with E-state index in [4.69, 9.17) is 22.3 Å². The van der Waals surface area contributed by atoms with Gasteiger partial charge in [-0.1, -0.05) is 60.7 Å². The van der Waals surface area contributed by atoms with Crippen LogP contribution in [0, 0.1) is 0 Å². The molecule has 0 saturated carbocycles. The minimum absolute atomic E-state index is 0.0766. The SMILES string of the molecule is O=C(Cl)c1ccccc1S(=O)(=O)Cl.O=C(Nc1ccccc1)c1ccccc1S(=O)(=O)Nc1ccccc1. The number of para-hydroxylation sites is 2. The molecular weight excluding hydrogens is 571 g/mol. The van der Waals surface area contributed by atoms with E-state index in [1.54, 1.807) is 66.7 Å². The summed E-state index contributed by atoms with van der Waals surface area (Å²) in [7, 11) is -2.73. The van der Waals surface area contributed by atoms with Crippen LogP contribution in [0.5, 0.6) is 0 Å². The average molecular weight is 591 g/mol. The molecule has 0 unspecified atom stereocenters. The molecule has 0 radical (unpaired) electrons. The maximum Gasteiger partial charge on any atom is 0.262 e. The molecule has 0 fully saturated rings. The first kappa shape index (κ1) is 28.9. The Kier molecular flexibility index (Phi) is 9.65. The lowest BCUT2D eigenvalue weighted by atomic mass is 10.2. The fourth-order valence-corrected chi connectivity index (χ4v) is 5.72. The van der Waals surface area contributed by atoms with Crippen LogP contribution in [0.15, 0.2) is 119 Å². The number of rotatable bonds is 7. The fraction of sp³-hybridized carbons (Fsp3) is 0. The van der Waals surface area contributed by atoms with Crippen molar-refractivity contribution < 1.29 is 26.4 Å². The molecule has 2 N–H and O–H groups in total. The number of benzene rings is 4. The second-order valence-corrected chi connectivity index (χ2v) is 12.0. The van der Waals surface area contributed by atoms with Crippen molar-refractivity contribution in [3.8, 4) is 0 Å². The Hall–Kier alpha value is -3.70. The average Bonchev–Trinajstić information content (AvgIpc) is 2.89. The van der Waals surface area contributed by atoms with Crippen LogP contribution in [0.25, 0.3) is 0 Å². The highest BCUT2D eigenvalue weighted by Gasteiger charge is 2.22. The minimum Gasteiger partial charge on any atom is -0.322 e. The highest BCUT2D eigenvalue weighted by molar-refractivity contribution is 8.13. The van der Waals surface area contributed by atoms with Gasteiger partial charge < -0.3 is 5.32 Å². The van der Waals surface area contributed by atoms with Gasteiger partial charge in [-0.15, -0.1) is 0 Å². The van der Waals surface area contributed by atoms with Crippen LogP contribution in [0.1, 0.15) is 20.7 Å². The Balaban J connectivity index is 0.000000260. The summed E-state index contributed by atoms with van der Waals surface area (Å²) in [6.07, 6.45) is 0. The Morgan fingerprint density at radius 3 is 1.53 bits per heavy atom. The number of halogens is 2. The van der Waals surface area contributed by atoms with Crippen molar-refractivity contribution in [1.82, 2.24) is 0 Å². The van der Waals surface area contributed by atoms with Crippen LogP contribution < -0.4 is 10.0 Å². The Bertz CT molecular complexity index is 1650. The summed E-state index contributed by atoms with van der Waals surface area (Å²) in [4.78, 5) is 22.9. The number of hydrogen-bond acceptors (Lipinski definition) is 6. The number of carbonyl (C=O) groups excluding carboxylic acids is 2. The predicted molar refractivity (Wildman–Crippen MR) is 148 cm³/mol. The van der Waals surface area contributed by atoms with E-state index in [2.05, 4.69) is 10.0 Å². The number of sulfonamides is 1. The molecule has 0 aliphatic carbocycles. The standard InChI is InChI=1S/C19H16N2O3S.C7H4Cl2O3S/c22-19(20-15-9-3-1-4-10-15)17-13-7-8-14-18(17)25(23,24)21-16-11-5-2-6-12-16;8-7(10)5-3-1-2-4-6(5)13(9,11)12/h1-14,21H,(H,20,22);1-4H. The van der Waals surface area contributed by atoms with E-state index < -0.39 is 30.2 Å². The molecule has 0 heterocycles. The van der Waals surface area contributed by atoms with E-state index in [1.807, 2.05) is 6.07 Å². The topological polar surface area (TPSA) is 126 Å². The lowest BCUT2D eigenvalue weighted by Crippen LogP contribution is -2.20. The molecule has 8 nitrogen and oxygen atoms in total. The van der Waals surface area contributed by atoms with Gasteiger partial charge in [-0.05, 0) is 60.1 Å². The maximum absolute atomic E-state index is 12.7. The summed E-state index contributed by atoms with van der Waals surface area (Å²) in [6.45, 7) is 0. The largest absolute Gasteiger partial charge is 0.322 e. The lowest BCUT2D eigenvalue weighted by molar-refractivity contribution is 0.102. The van der Waals surface area contributed by atoms with Gasteiger partial charge in [0, 0.05) is 22.1 Å². The molecular formula is C26H20Cl2N2O6S2. The summed E-state index contributed by atoms with van der Waals surface area (Å²) < 4.78 is 49.7. The molecule has 0 aliphatic rings. The van der Waals surface area contributed by atoms with Gasteiger partial charge in [0.05, 0.1) is 16.0 Å². The summed E-state index contributed by atoms with van der Waals surface area (Å²) in [5, 5.41) is 1.86. The van der Waals surface area contributed by atoms with Crippen molar-refractivity contribution in [1.29, 1.82) is 0 Å². The Morgan fingerprint density at radius 1 is 0.579 bits per heavy atom. The molecule has 196 valence electrons. The highest BCUT2D eigenvalue weighted by atomic mass is 35.7. The van der Waals surface area contributed by atoms with Crippen molar-refractivity contribution >= 4 is 63.9 Å². The van der Waals surface area contributed by atoms with Crippen molar-refractivity contribution in [2.24, 2.45) is 0 Å². The maximum atomic E-state index is 12.7. The van der Waals surface area contributed by atoms with E-state index in [0.29, 0.717) is 11.4 Å². The van der Waals surface area contributed by atoms with E-state index >= 15 is 0 Å². The molecule has 0 spiro atoms. The van der Waals surface area contributed by atoms with Crippen LogP contribution in [0.4, 0.5) is 11.4 Å². The zero-order valence-electron chi connectivity index (χ0n) is 19.4. The van der Waals surface area contributed by atoms with E-state index in [0.717, 1.165) is 0 Å². The Labute approximate surface area is 229 Å². The van der Waals surface area contributed by atoms with Gasteiger partial charge in [0.1, 0.15) is 4.90 Å². The highest BCUT2D eigenvalue weighted by Crippen LogP contribution is 2.22. The molecule has 0 saturated heterocycles. The van der Waals surface area contributed by atoms with Gasteiger partial charge in [-0.25, -0.2) is 16.8 Å². The first-order chi connectivity index (χ1) is 18.0. The van der Waals surface area contributed by atoms with Crippen molar-refractivity contribution in [2.45, 2.75) is 9.79 Å². The third kappa shape index (κ3) is 7.90. The predicted octanol–water partition coefficient (Wildman–Crippen LogP) is 5.73.